The number of hydrogen-bond acceptors (Lipinski definition) is 5. The molecular formula is C25H23FN6O. The summed E-state index contributed by atoms with van der Waals surface area (Å²) in [6, 6.07) is 18.0. The Morgan fingerprint density at radius 1 is 0.909 bits per heavy atom. The molecule has 3 heterocycles. The van der Waals surface area contributed by atoms with Crippen molar-refractivity contribution in [3.8, 4) is 11.8 Å². The van der Waals surface area contributed by atoms with Crippen LogP contribution in [0.5, 0.6) is 5.88 Å². The number of nitrogens with one attached hydrogen (secondary N) is 2. The number of halogens is 1. The molecule has 0 radical (unpaired) electrons. The molecule has 0 aliphatic rings. The average Bonchev–Trinajstić information content (AvgIpc) is 3.40. The number of H-pyrrole nitrogens is 1. The lowest BCUT2D eigenvalue weighted by atomic mass is 10.0. The van der Waals surface area contributed by atoms with Crippen molar-refractivity contribution in [2.24, 2.45) is 0 Å². The van der Waals surface area contributed by atoms with Gasteiger partial charge in [-0.1, -0.05) is 24.3 Å². The minimum absolute atomic E-state index is 0.0527. The Morgan fingerprint density at radius 3 is 2.48 bits per heavy atom. The van der Waals surface area contributed by atoms with E-state index in [4.69, 9.17) is 0 Å². The third kappa shape index (κ3) is 4.61. The number of aromatic hydroxyl groups is 1. The Morgan fingerprint density at radius 2 is 1.70 bits per heavy atom. The summed E-state index contributed by atoms with van der Waals surface area (Å²) in [5, 5.41) is 19.1. The number of benzene rings is 2. The van der Waals surface area contributed by atoms with Gasteiger partial charge in [0.1, 0.15) is 5.82 Å². The number of nitrogens with zero attached hydrogens (tertiary/aromatic N) is 4. The Hall–Kier alpha value is -4.04. The van der Waals surface area contributed by atoms with Crippen molar-refractivity contribution in [2.45, 2.75) is 25.9 Å². The predicted molar refractivity (Wildman–Crippen MR) is 123 cm³/mol. The summed E-state index contributed by atoms with van der Waals surface area (Å²) in [5.74, 6) is 0.245. The van der Waals surface area contributed by atoms with Crippen LogP contribution >= 0.6 is 0 Å². The van der Waals surface area contributed by atoms with Gasteiger partial charge in [-0.3, -0.25) is 4.98 Å². The third-order valence-electron chi connectivity index (χ3n) is 5.56. The Kier molecular flexibility index (Phi) is 5.82. The minimum Gasteiger partial charge on any atom is -0.493 e. The highest BCUT2D eigenvalue weighted by Crippen LogP contribution is 2.27. The maximum Gasteiger partial charge on any atom is 0.232 e. The molecule has 0 saturated heterocycles. The van der Waals surface area contributed by atoms with E-state index in [2.05, 4.69) is 25.4 Å². The lowest BCUT2D eigenvalue weighted by Crippen LogP contribution is -2.14. The van der Waals surface area contributed by atoms with Crippen LogP contribution in [0.2, 0.25) is 0 Å². The van der Waals surface area contributed by atoms with E-state index < -0.39 is 0 Å². The molecule has 3 N–H and O–H groups in total. The minimum atomic E-state index is -0.264. The zero-order valence-corrected chi connectivity index (χ0v) is 17.9. The third-order valence-corrected chi connectivity index (χ3v) is 5.56. The number of pyridine rings is 1. The van der Waals surface area contributed by atoms with Crippen LogP contribution in [0.4, 0.5) is 4.39 Å². The van der Waals surface area contributed by atoms with E-state index in [9.17, 15) is 9.50 Å². The molecule has 0 amide bonds. The fourth-order valence-electron chi connectivity index (χ4n) is 3.82. The van der Waals surface area contributed by atoms with Crippen LogP contribution in [0.3, 0.4) is 0 Å². The monoisotopic (exact) mass is 442 g/mol. The molecule has 0 saturated carbocycles. The maximum absolute atomic E-state index is 13.3. The number of imidazole rings is 1. The van der Waals surface area contributed by atoms with Crippen molar-refractivity contribution in [1.82, 2.24) is 30.0 Å². The van der Waals surface area contributed by atoms with Crippen molar-refractivity contribution >= 4 is 11.0 Å². The van der Waals surface area contributed by atoms with Gasteiger partial charge in [-0.05, 0) is 60.4 Å². The summed E-state index contributed by atoms with van der Waals surface area (Å²) in [7, 11) is 0. The molecular weight excluding hydrogens is 419 g/mol. The van der Waals surface area contributed by atoms with E-state index in [1.54, 1.807) is 24.5 Å². The fraction of sp³-hybridized carbons (Fsp3) is 0.160. The highest BCUT2D eigenvalue weighted by Gasteiger charge is 2.20. The standard InChI is InChI=1S/C25H23FN6O/c26-19-8-5-17(6-9-19)7-10-20-23(16-28-15-18-11-13-27-14-12-18)31-32(24(20)33)25-29-21-3-1-2-4-22(21)30-25/h1-6,8-9,11-14,28,33H,7,10,15-16H2,(H,29,30). The van der Waals surface area contributed by atoms with Crippen LogP contribution in [0.15, 0.2) is 73.1 Å². The number of hydrogen-bond donors (Lipinski definition) is 3. The van der Waals surface area contributed by atoms with Crippen LogP contribution < -0.4 is 5.32 Å². The van der Waals surface area contributed by atoms with Gasteiger partial charge in [0, 0.05) is 31.0 Å². The van der Waals surface area contributed by atoms with Gasteiger partial charge < -0.3 is 15.4 Å². The summed E-state index contributed by atoms with van der Waals surface area (Å²) in [6.45, 7) is 1.13. The van der Waals surface area contributed by atoms with Crippen LogP contribution in [-0.2, 0) is 25.9 Å². The first kappa shape index (κ1) is 20.8. The second-order valence-corrected chi connectivity index (χ2v) is 7.82. The van der Waals surface area contributed by atoms with Crippen LogP contribution in [-0.4, -0.2) is 29.8 Å². The predicted octanol–water partition coefficient (Wildman–Crippen LogP) is 4.06. The largest absolute Gasteiger partial charge is 0.493 e. The van der Waals surface area contributed by atoms with Gasteiger partial charge in [-0.2, -0.15) is 9.78 Å². The number of aromatic amines is 1. The quantitative estimate of drug-likeness (QED) is 0.337. The molecule has 33 heavy (non-hydrogen) atoms. The van der Waals surface area contributed by atoms with E-state index in [0.717, 1.165) is 33.4 Å². The second-order valence-electron chi connectivity index (χ2n) is 7.82. The SMILES string of the molecule is Oc1c(CCc2ccc(F)cc2)c(CNCc2ccncc2)nn1-c1nc2ccccc2[nH]1. The van der Waals surface area contributed by atoms with Crippen molar-refractivity contribution in [3.63, 3.8) is 0 Å². The second kappa shape index (κ2) is 9.22. The number of fused-ring (bicyclic) bond motifs is 1. The van der Waals surface area contributed by atoms with Crippen molar-refractivity contribution in [2.75, 3.05) is 0 Å². The first-order valence-corrected chi connectivity index (χ1v) is 10.8. The zero-order valence-electron chi connectivity index (χ0n) is 17.9. The van der Waals surface area contributed by atoms with Crippen molar-refractivity contribution in [3.05, 3.63) is 101 Å². The molecule has 0 spiro atoms. The summed E-state index contributed by atoms with van der Waals surface area (Å²) in [5.41, 5.74) is 5.24. The molecule has 0 unspecified atom stereocenters. The highest BCUT2D eigenvalue weighted by molar-refractivity contribution is 5.76. The van der Waals surface area contributed by atoms with Gasteiger partial charge in [0.15, 0.2) is 0 Å². The summed E-state index contributed by atoms with van der Waals surface area (Å²) < 4.78 is 14.7. The van der Waals surface area contributed by atoms with E-state index in [1.165, 1.54) is 16.8 Å². The number of aromatic nitrogens is 5. The van der Waals surface area contributed by atoms with Gasteiger partial charge in [-0.25, -0.2) is 9.37 Å². The normalized spacial score (nSPS) is 11.3. The van der Waals surface area contributed by atoms with Crippen LogP contribution in [0.1, 0.15) is 22.4 Å². The number of para-hydroxylation sites is 2. The molecule has 7 nitrogen and oxygen atoms in total. The zero-order chi connectivity index (χ0) is 22.6. The topological polar surface area (TPSA) is 91.7 Å². The van der Waals surface area contributed by atoms with Crippen molar-refractivity contribution in [1.29, 1.82) is 0 Å². The Bertz CT molecular complexity index is 1330. The molecule has 166 valence electrons. The number of rotatable bonds is 8. The maximum atomic E-state index is 13.3. The Balaban J connectivity index is 1.42. The van der Waals surface area contributed by atoms with E-state index in [-0.39, 0.29) is 11.7 Å². The smallest absolute Gasteiger partial charge is 0.232 e. The Labute approximate surface area is 190 Å². The average molecular weight is 442 g/mol. The lowest BCUT2D eigenvalue weighted by Gasteiger charge is -2.06. The summed E-state index contributed by atoms with van der Waals surface area (Å²) in [6.07, 6.45) is 4.72. The van der Waals surface area contributed by atoms with Gasteiger partial charge >= 0.3 is 0 Å². The summed E-state index contributed by atoms with van der Waals surface area (Å²) >= 11 is 0. The highest BCUT2D eigenvalue weighted by atomic mass is 19.1. The molecule has 0 fully saturated rings. The molecule has 0 aliphatic carbocycles. The summed E-state index contributed by atoms with van der Waals surface area (Å²) in [4.78, 5) is 11.8. The van der Waals surface area contributed by atoms with Gasteiger partial charge in [0.2, 0.25) is 11.8 Å². The van der Waals surface area contributed by atoms with Gasteiger partial charge in [0.25, 0.3) is 0 Å². The number of aryl methyl sites for hydroxylation is 1. The molecule has 2 aromatic carbocycles. The van der Waals surface area contributed by atoms with Gasteiger partial charge in [-0.15, -0.1) is 0 Å². The fourth-order valence-corrected chi connectivity index (χ4v) is 3.82. The van der Waals surface area contributed by atoms with Crippen molar-refractivity contribution < 1.29 is 9.50 Å². The molecule has 3 aromatic heterocycles. The molecule has 8 heteroatoms. The van der Waals surface area contributed by atoms with Crippen LogP contribution in [0, 0.1) is 5.82 Å². The van der Waals surface area contributed by atoms with Gasteiger partial charge in [0.05, 0.1) is 16.7 Å². The molecule has 0 aliphatic heterocycles. The van der Waals surface area contributed by atoms with Crippen LogP contribution in [0.25, 0.3) is 17.0 Å². The first-order chi connectivity index (χ1) is 16.2. The molecule has 0 atom stereocenters. The van der Waals surface area contributed by atoms with E-state index in [1.807, 2.05) is 36.4 Å². The first-order valence-electron chi connectivity index (χ1n) is 10.8. The molecule has 0 bridgehead atoms. The lowest BCUT2D eigenvalue weighted by molar-refractivity contribution is 0.425. The molecule has 5 rings (SSSR count). The van der Waals surface area contributed by atoms with E-state index in [0.29, 0.717) is 31.9 Å². The van der Waals surface area contributed by atoms with E-state index >= 15 is 0 Å². The molecule has 5 aromatic rings.